The number of anilines is 2. The molecule has 0 aliphatic heterocycles. The van der Waals surface area contributed by atoms with Crippen molar-refractivity contribution in [2.24, 2.45) is 5.92 Å². The lowest BCUT2D eigenvalue weighted by Gasteiger charge is -2.22. The van der Waals surface area contributed by atoms with E-state index in [0.29, 0.717) is 6.04 Å². The first-order valence-corrected chi connectivity index (χ1v) is 7.14. The van der Waals surface area contributed by atoms with Crippen LogP contribution in [0.5, 0.6) is 0 Å². The SMILES string of the molecule is Cc1nn(C(C)C)c(N(C)CCOCC2CC2)c1N. The van der Waals surface area contributed by atoms with Crippen LogP contribution in [0.15, 0.2) is 0 Å². The summed E-state index contributed by atoms with van der Waals surface area (Å²) in [5.41, 5.74) is 7.81. The molecular formula is C14H26N4O. The molecule has 0 saturated heterocycles. The van der Waals surface area contributed by atoms with Crippen LogP contribution in [0.2, 0.25) is 0 Å². The molecule has 1 saturated carbocycles. The average molecular weight is 266 g/mol. The Balaban J connectivity index is 1.94. The van der Waals surface area contributed by atoms with Crippen molar-refractivity contribution in [2.75, 3.05) is 37.4 Å². The van der Waals surface area contributed by atoms with Crippen LogP contribution < -0.4 is 10.6 Å². The molecule has 1 aromatic heterocycles. The van der Waals surface area contributed by atoms with Crippen LogP contribution >= 0.6 is 0 Å². The second-order valence-electron chi connectivity index (χ2n) is 5.80. The van der Waals surface area contributed by atoms with E-state index in [1.807, 2.05) is 18.7 Å². The van der Waals surface area contributed by atoms with Gasteiger partial charge in [0, 0.05) is 26.2 Å². The molecule has 1 aromatic rings. The molecule has 0 bridgehead atoms. The van der Waals surface area contributed by atoms with Gasteiger partial charge < -0.3 is 15.4 Å². The Kier molecular flexibility index (Phi) is 4.34. The molecule has 1 aliphatic rings. The molecule has 0 radical (unpaired) electrons. The average Bonchev–Trinajstić information content (AvgIpc) is 3.12. The first-order chi connectivity index (χ1) is 9.00. The minimum atomic E-state index is 0.306. The van der Waals surface area contributed by atoms with Crippen LogP contribution in [0.3, 0.4) is 0 Å². The van der Waals surface area contributed by atoms with Crippen molar-refractivity contribution in [3.63, 3.8) is 0 Å². The van der Waals surface area contributed by atoms with Gasteiger partial charge in [0.25, 0.3) is 0 Å². The highest BCUT2D eigenvalue weighted by atomic mass is 16.5. The number of aryl methyl sites for hydroxylation is 1. The summed E-state index contributed by atoms with van der Waals surface area (Å²) < 4.78 is 7.68. The van der Waals surface area contributed by atoms with E-state index in [-0.39, 0.29) is 0 Å². The summed E-state index contributed by atoms with van der Waals surface area (Å²) in [6, 6.07) is 0.306. The summed E-state index contributed by atoms with van der Waals surface area (Å²) in [4.78, 5) is 2.14. The number of nitrogen functional groups attached to an aromatic ring is 1. The van der Waals surface area contributed by atoms with Gasteiger partial charge in [-0.1, -0.05) is 0 Å². The number of rotatable bonds is 7. The Morgan fingerprint density at radius 3 is 2.74 bits per heavy atom. The van der Waals surface area contributed by atoms with E-state index in [1.54, 1.807) is 0 Å². The number of aromatic nitrogens is 2. The van der Waals surface area contributed by atoms with Crippen molar-refractivity contribution >= 4 is 11.5 Å². The number of likely N-dealkylation sites (N-methyl/N-ethyl adjacent to an activating group) is 1. The van der Waals surface area contributed by atoms with Crippen molar-refractivity contribution in [1.82, 2.24) is 9.78 Å². The fourth-order valence-electron chi connectivity index (χ4n) is 2.13. The van der Waals surface area contributed by atoms with Gasteiger partial charge in [0.15, 0.2) is 5.82 Å². The normalized spacial score (nSPS) is 15.2. The van der Waals surface area contributed by atoms with E-state index in [9.17, 15) is 0 Å². The maximum absolute atomic E-state index is 6.14. The molecule has 5 nitrogen and oxygen atoms in total. The van der Waals surface area contributed by atoms with E-state index < -0.39 is 0 Å². The third-order valence-corrected chi connectivity index (χ3v) is 3.58. The predicted molar refractivity (Wildman–Crippen MR) is 78.6 cm³/mol. The Bertz CT molecular complexity index is 423. The topological polar surface area (TPSA) is 56.3 Å². The van der Waals surface area contributed by atoms with E-state index >= 15 is 0 Å². The highest BCUT2D eigenvalue weighted by Crippen LogP contribution is 2.29. The highest BCUT2D eigenvalue weighted by molar-refractivity contribution is 5.66. The summed E-state index contributed by atoms with van der Waals surface area (Å²) in [6.07, 6.45) is 2.67. The van der Waals surface area contributed by atoms with Crippen LogP contribution in [0, 0.1) is 12.8 Å². The van der Waals surface area contributed by atoms with Crippen LogP contribution in [-0.2, 0) is 4.74 Å². The Morgan fingerprint density at radius 1 is 1.47 bits per heavy atom. The molecule has 5 heteroatoms. The van der Waals surface area contributed by atoms with Crippen molar-refractivity contribution in [1.29, 1.82) is 0 Å². The largest absolute Gasteiger partial charge is 0.394 e. The van der Waals surface area contributed by atoms with E-state index in [4.69, 9.17) is 10.5 Å². The van der Waals surface area contributed by atoms with Gasteiger partial charge in [0.05, 0.1) is 18.0 Å². The second-order valence-corrected chi connectivity index (χ2v) is 5.80. The van der Waals surface area contributed by atoms with Crippen molar-refractivity contribution < 1.29 is 4.74 Å². The van der Waals surface area contributed by atoms with Gasteiger partial charge in [0.1, 0.15) is 0 Å². The molecule has 0 amide bonds. The maximum Gasteiger partial charge on any atom is 0.150 e. The minimum Gasteiger partial charge on any atom is -0.394 e. The molecule has 1 heterocycles. The lowest BCUT2D eigenvalue weighted by atomic mass is 10.3. The summed E-state index contributed by atoms with van der Waals surface area (Å²) in [5.74, 6) is 1.82. The number of hydrogen-bond acceptors (Lipinski definition) is 4. The zero-order chi connectivity index (χ0) is 14.0. The monoisotopic (exact) mass is 266 g/mol. The molecule has 0 atom stereocenters. The van der Waals surface area contributed by atoms with Crippen LogP contribution in [0.1, 0.15) is 38.4 Å². The van der Waals surface area contributed by atoms with Gasteiger partial charge in [-0.3, -0.25) is 0 Å². The van der Waals surface area contributed by atoms with E-state index in [2.05, 4.69) is 23.8 Å². The first-order valence-electron chi connectivity index (χ1n) is 7.14. The molecule has 19 heavy (non-hydrogen) atoms. The smallest absolute Gasteiger partial charge is 0.150 e. The first kappa shape index (κ1) is 14.2. The Morgan fingerprint density at radius 2 is 2.16 bits per heavy atom. The van der Waals surface area contributed by atoms with Gasteiger partial charge in [0.2, 0.25) is 0 Å². The summed E-state index contributed by atoms with van der Waals surface area (Å²) >= 11 is 0. The van der Waals surface area contributed by atoms with Crippen LogP contribution in [0.25, 0.3) is 0 Å². The zero-order valence-electron chi connectivity index (χ0n) is 12.5. The Labute approximate surface area is 115 Å². The molecular weight excluding hydrogens is 240 g/mol. The Hall–Kier alpha value is -1.23. The summed E-state index contributed by atoms with van der Waals surface area (Å²) in [7, 11) is 2.05. The van der Waals surface area contributed by atoms with Gasteiger partial charge in [-0.25, -0.2) is 4.68 Å². The maximum atomic E-state index is 6.14. The number of nitrogens with two attached hydrogens (primary N) is 1. The molecule has 2 N–H and O–H groups in total. The molecule has 0 unspecified atom stereocenters. The minimum absolute atomic E-state index is 0.306. The van der Waals surface area contributed by atoms with Gasteiger partial charge in [-0.2, -0.15) is 5.10 Å². The predicted octanol–water partition coefficient (Wildman–Crippen LogP) is 2.22. The van der Waals surface area contributed by atoms with Crippen molar-refractivity contribution in [2.45, 2.75) is 39.7 Å². The fourth-order valence-corrected chi connectivity index (χ4v) is 2.13. The van der Waals surface area contributed by atoms with Gasteiger partial charge in [-0.15, -0.1) is 0 Å². The third kappa shape index (κ3) is 3.41. The standard InChI is InChI=1S/C14H26N4O/c1-10(2)18-14(13(15)11(3)16-18)17(4)7-8-19-9-12-5-6-12/h10,12H,5-9,15H2,1-4H3. The summed E-state index contributed by atoms with van der Waals surface area (Å²) in [5, 5.41) is 4.51. The number of hydrogen-bond donors (Lipinski definition) is 1. The second kappa shape index (κ2) is 5.82. The van der Waals surface area contributed by atoms with Crippen LogP contribution in [-0.4, -0.2) is 36.6 Å². The van der Waals surface area contributed by atoms with Crippen molar-refractivity contribution in [3.8, 4) is 0 Å². The van der Waals surface area contributed by atoms with Gasteiger partial charge in [-0.05, 0) is 39.5 Å². The van der Waals surface area contributed by atoms with E-state index in [1.165, 1.54) is 12.8 Å². The molecule has 0 aromatic carbocycles. The lowest BCUT2D eigenvalue weighted by Crippen LogP contribution is -2.27. The lowest BCUT2D eigenvalue weighted by molar-refractivity contribution is 0.130. The quantitative estimate of drug-likeness (QED) is 0.769. The molecule has 1 aliphatic carbocycles. The molecule has 0 spiro atoms. The molecule has 1 fully saturated rings. The zero-order valence-corrected chi connectivity index (χ0v) is 12.5. The van der Waals surface area contributed by atoms with Crippen LogP contribution in [0.4, 0.5) is 11.5 Å². The fraction of sp³-hybridized carbons (Fsp3) is 0.786. The highest BCUT2D eigenvalue weighted by Gasteiger charge is 2.21. The van der Waals surface area contributed by atoms with Gasteiger partial charge >= 0.3 is 0 Å². The molecule has 2 rings (SSSR count). The number of nitrogens with zero attached hydrogens (tertiary/aromatic N) is 3. The molecule has 108 valence electrons. The summed E-state index contributed by atoms with van der Waals surface area (Å²) in [6.45, 7) is 8.68. The van der Waals surface area contributed by atoms with E-state index in [0.717, 1.165) is 42.9 Å². The van der Waals surface area contributed by atoms with Crippen molar-refractivity contribution in [3.05, 3.63) is 5.69 Å². The third-order valence-electron chi connectivity index (χ3n) is 3.58. The number of ether oxygens (including phenoxy) is 1.